The summed E-state index contributed by atoms with van der Waals surface area (Å²) in [5, 5.41) is 6.49. The molecule has 3 aromatic rings. The quantitative estimate of drug-likeness (QED) is 0.788. The van der Waals surface area contributed by atoms with Gasteiger partial charge in [-0.15, -0.1) is 0 Å². The molecule has 0 spiro atoms. The second-order valence-electron chi connectivity index (χ2n) is 4.63. The van der Waals surface area contributed by atoms with Crippen LogP contribution in [0.15, 0.2) is 53.5 Å². The van der Waals surface area contributed by atoms with Gasteiger partial charge < -0.3 is 0 Å². The van der Waals surface area contributed by atoms with Crippen LogP contribution in [0.2, 0.25) is 0 Å². The first kappa shape index (κ1) is 14.9. The lowest BCUT2D eigenvalue weighted by atomic mass is 10.1. The Hall–Kier alpha value is -3.03. The number of H-pyrrole nitrogens is 1. The minimum atomic E-state index is -4.43. The predicted molar refractivity (Wildman–Crippen MR) is 76.3 cm³/mol. The van der Waals surface area contributed by atoms with Gasteiger partial charge in [-0.1, -0.05) is 18.2 Å². The van der Waals surface area contributed by atoms with Crippen molar-refractivity contribution in [2.75, 3.05) is 0 Å². The van der Waals surface area contributed by atoms with Crippen LogP contribution in [0.4, 0.5) is 13.2 Å². The molecule has 116 valence electrons. The van der Waals surface area contributed by atoms with E-state index < -0.39 is 17.3 Å². The average molecular weight is 318 g/mol. The first-order valence-corrected chi connectivity index (χ1v) is 6.51. The highest BCUT2D eigenvalue weighted by Gasteiger charge is 2.30. The Morgan fingerprint density at radius 2 is 1.74 bits per heavy atom. The zero-order chi connectivity index (χ0) is 16.4. The zero-order valence-electron chi connectivity index (χ0n) is 11.5. The summed E-state index contributed by atoms with van der Waals surface area (Å²) < 4.78 is 37.6. The molecule has 5 nitrogen and oxygen atoms in total. The van der Waals surface area contributed by atoms with Crippen molar-refractivity contribution in [3.63, 3.8) is 0 Å². The van der Waals surface area contributed by atoms with E-state index in [1.807, 2.05) is 0 Å². The van der Waals surface area contributed by atoms with Crippen molar-refractivity contribution in [2.24, 2.45) is 0 Å². The lowest BCUT2D eigenvalue weighted by molar-refractivity contribution is -0.137. The summed E-state index contributed by atoms with van der Waals surface area (Å²) in [5.41, 5.74) is -0.811. The average Bonchev–Trinajstić information content (AvgIpc) is 2.55. The first-order valence-electron chi connectivity index (χ1n) is 6.51. The van der Waals surface area contributed by atoms with Crippen molar-refractivity contribution < 1.29 is 13.2 Å². The number of benzene rings is 1. The molecule has 0 aliphatic rings. The second-order valence-corrected chi connectivity index (χ2v) is 4.63. The molecule has 0 aliphatic carbocycles. The first-order chi connectivity index (χ1) is 10.9. The lowest BCUT2D eigenvalue weighted by Crippen LogP contribution is -2.15. The van der Waals surface area contributed by atoms with Gasteiger partial charge in [-0.2, -0.15) is 23.3 Å². The molecule has 0 fully saturated rings. The van der Waals surface area contributed by atoms with Gasteiger partial charge in [0.25, 0.3) is 5.56 Å². The largest absolute Gasteiger partial charge is 0.416 e. The molecule has 0 atom stereocenters. The van der Waals surface area contributed by atoms with Gasteiger partial charge in [-0.25, -0.2) is 0 Å². The number of nitrogens with zero attached hydrogens (tertiary/aromatic N) is 3. The maximum absolute atomic E-state index is 12.5. The Balaban J connectivity index is 1.97. The van der Waals surface area contributed by atoms with Crippen molar-refractivity contribution in [3.05, 3.63) is 64.6 Å². The monoisotopic (exact) mass is 318 g/mol. The fraction of sp³-hybridized carbons (Fsp3) is 0.0667. The number of pyridine rings is 1. The third-order valence-electron chi connectivity index (χ3n) is 3.08. The van der Waals surface area contributed by atoms with Crippen LogP contribution in [0.25, 0.3) is 22.8 Å². The number of rotatable bonds is 2. The molecule has 0 aliphatic heterocycles. The molecule has 0 radical (unpaired) electrons. The predicted octanol–water partition coefficient (Wildman–Crippen LogP) is 2.91. The van der Waals surface area contributed by atoms with Crippen molar-refractivity contribution in [3.8, 4) is 22.8 Å². The van der Waals surface area contributed by atoms with Crippen LogP contribution in [0.1, 0.15) is 5.56 Å². The van der Waals surface area contributed by atoms with Crippen LogP contribution in [-0.2, 0) is 6.18 Å². The van der Waals surface area contributed by atoms with E-state index in [0.717, 1.165) is 12.1 Å². The molecule has 2 heterocycles. The minimum absolute atomic E-state index is 0.0570. The molecule has 0 unspecified atom stereocenters. The Morgan fingerprint density at radius 1 is 1.00 bits per heavy atom. The van der Waals surface area contributed by atoms with Crippen molar-refractivity contribution in [1.82, 2.24) is 20.2 Å². The number of hydrogen-bond donors (Lipinski definition) is 1. The highest BCUT2D eigenvalue weighted by Crippen LogP contribution is 2.30. The van der Waals surface area contributed by atoms with E-state index in [1.165, 1.54) is 12.1 Å². The third-order valence-corrected chi connectivity index (χ3v) is 3.08. The molecule has 8 heteroatoms. The Morgan fingerprint density at radius 3 is 2.30 bits per heavy atom. The summed E-state index contributed by atoms with van der Waals surface area (Å²) in [7, 11) is 0. The molecule has 0 amide bonds. The third kappa shape index (κ3) is 3.10. The maximum Gasteiger partial charge on any atom is 0.416 e. The van der Waals surface area contributed by atoms with Crippen LogP contribution < -0.4 is 5.56 Å². The van der Waals surface area contributed by atoms with Crippen LogP contribution in [0.5, 0.6) is 0 Å². The maximum atomic E-state index is 12.5. The topological polar surface area (TPSA) is 71.5 Å². The molecule has 1 N–H and O–H groups in total. The van der Waals surface area contributed by atoms with Gasteiger partial charge in [-0.05, 0) is 24.3 Å². The molecular weight excluding hydrogens is 309 g/mol. The number of halogens is 3. The fourth-order valence-electron chi connectivity index (χ4n) is 1.96. The molecule has 0 bridgehead atoms. The van der Waals surface area contributed by atoms with Gasteiger partial charge >= 0.3 is 6.18 Å². The molecule has 0 saturated heterocycles. The van der Waals surface area contributed by atoms with E-state index in [1.54, 1.807) is 24.4 Å². The Labute approximate surface area is 127 Å². The molecule has 0 saturated carbocycles. The molecule has 1 aromatic carbocycles. The molecular formula is C15H9F3N4O. The van der Waals surface area contributed by atoms with Gasteiger partial charge in [0.05, 0.1) is 5.56 Å². The Bertz CT molecular complexity index is 874. The summed E-state index contributed by atoms with van der Waals surface area (Å²) in [6.07, 6.45) is -2.89. The second kappa shape index (κ2) is 5.64. The number of nitrogens with one attached hydrogen (secondary N) is 1. The SMILES string of the molecule is O=c1nc(-c2ccccn2)[nH]nc1-c1ccc(C(F)(F)F)cc1. The summed E-state index contributed by atoms with van der Waals surface area (Å²) in [5.74, 6) is 0.186. The van der Waals surface area contributed by atoms with Gasteiger partial charge in [0.2, 0.25) is 0 Å². The number of aromatic nitrogens is 4. The van der Waals surface area contributed by atoms with E-state index in [-0.39, 0.29) is 17.1 Å². The van der Waals surface area contributed by atoms with E-state index in [0.29, 0.717) is 5.69 Å². The summed E-state index contributed by atoms with van der Waals surface area (Å²) in [4.78, 5) is 19.9. The highest BCUT2D eigenvalue weighted by molar-refractivity contribution is 5.59. The summed E-state index contributed by atoms with van der Waals surface area (Å²) in [6, 6.07) is 9.24. The standard InChI is InChI=1S/C15H9F3N4O/c16-15(17,18)10-6-4-9(5-7-10)12-14(23)20-13(22-21-12)11-3-1-2-8-19-11/h1-8H,(H,20,22,23). The van der Waals surface area contributed by atoms with Crippen LogP contribution >= 0.6 is 0 Å². The number of hydrogen-bond acceptors (Lipinski definition) is 4. The van der Waals surface area contributed by atoms with Gasteiger partial charge in [0.1, 0.15) is 5.69 Å². The number of alkyl halides is 3. The molecule has 2 aromatic heterocycles. The highest BCUT2D eigenvalue weighted by atomic mass is 19.4. The summed E-state index contributed by atoms with van der Waals surface area (Å²) in [6.45, 7) is 0. The molecule has 3 rings (SSSR count). The number of aromatic amines is 1. The van der Waals surface area contributed by atoms with Crippen molar-refractivity contribution >= 4 is 0 Å². The van der Waals surface area contributed by atoms with E-state index in [4.69, 9.17) is 0 Å². The van der Waals surface area contributed by atoms with Crippen LogP contribution in [0.3, 0.4) is 0 Å². The fourth-order valence-corrected chi connectivity index (χ4v) is 1.96. The normalized spacial score (nSPS) is 11.4. The van der Waals surface area contributed by atoms with E-state index >= 15 is 0 Å². The van der Waals surface area contributed by atoms with E-state index in [2.05, 4.69) is 20.2 Å². The van der Waals surface area contributed by atoms with Gasteiger partial charge in [0.15, 0.2) is 11.5 Å². The van der Waals surface area contributed by atoms with Gasteiger partial charge in [-0.3, -0.25) is 14.9 Å². The van der Waals surface area contributed by atoms with Gasteiger partial charge in [0, 0.05) is 11.8 Å². The lowest BCUT2D eigenvalue weighted by Gasteiger charge is -2.07. The van der Waals surface area contributed by atoms with E-state index in [9.17, 15) is 18.0 Å². The smallest absolute Gasteiger partial charge is 0.265 e. The molecule has 23 heavy (non-hydrogen) atoms. The van der Waals surface area contributed by atoms with Crippen LogP contribution in [0, 0.1) is 0 Å². The van der Waals surface area contributed by atoms with Crippen molar-refractivity contribution in [1.29, 1.82) is 0 Å². The Kier molecular flexibility index (Phi) is 3.65. The zero-order valence-corrected chi connectivity index (χ0v) is 11.5. The van der Waals surface area contributed by atoms with Crippen molar-refractivity contribution in [2.45, 2.75) is 6.18 Å². The van der Waals surface area contributed by atoms with Crippen LogP contribution in [-0.4, -0.2) is 20.2 Å². The summed E-state index contributed by atoms with van der Waals surface area (Å²) >= 11 is 0. The minimum Gasteiger partial charge on any atom is -0.265 e.